The molecule has 0 saturated heterocycles. The molecule has 5 heteroatoms. The van der Waals surface area contributed by atoms with Crippen molar-refractivity contribution >= 4 is 11.9 Å². The van der Waals surface area contributed by atoms with E-state index in [0.717, 1.165) is 5.57 Å². The molecular weight excluding hydrogens is 220 g/mol. The Labute approximate surface area is 100 Å². The molecule has 5 nitrogen and oxygen atoms in total. The van der Waals surface area contributed by atoms with Gasteiger partial charge in [0.2, 0.25) is 5.91 Å². The summed E-state index contributed by atoms with van der Waals surface area (Å²) in [5.41, 5.74) is 1.48. The molecule has 1 aliphatic rings. The van der Waals surface area contributed by atoms with Gasteiger partial charge in [0.05, 0.1) is 6.42 Å². The zero-order valence-corrected chi connectivity index (χ0v) is 9.77. The molecule has 0 radical (unpaired) electrons. The Balaban J connectivity index is 3.05. The number of hydrogen-bond acceptors (Lipinski definition) is 3. The van der Waals surface area contributed by atoms with Gasteiger partial charge in [0, 0.05) is 19.3 Å². The van der Waals surface area contributed by atoms with E-state index in [0.29, 0.717) is 12.2 Å². The van der Waals surface area contributed by atoms with Crippen LogP contribution < -0.4 is 5.32 Å². The lowest BCUT2D eigenvalue weighted by molar-refractivity contribution is -0.141. The molecule has 0 aromatic heterocycles. The molecule has 0 fully saturated rings. The van der Waals surface area contributed by atoms with E-state index in [-0.39, 0.29) is 12.3 Å². The smallest absolute Gasteiger partial charge is 0.305 e. The minimum atomic E-state index is -1.02. The second kappa shape index (κ2) is 5.34. The van der Waals surface area contributed by atoms with E-state index < -0.39 is 12.0 Å². The Morgan fingerprint density at radius 3 is 2.71 bits per heavy atom. The number of carboxylic acid groups (broad SMARTS) is 1. The van der Waals surface area contributed by atoms with Crippen molar-refractivity contribution < 1.29 is 14.7 Å². The summed E-state index contributed by atoms with van der Waals surface area (Å²) in [6, 6.07) is -0.761. The first-order chi connectivity index (χ1) is 7.99. The van der Waals surface area contributed by atoms with Gasteiger partial charge >= 0.3 is 5.97 Å². The Hall–Kier alpha value is -2.04. The third kappa shape index (κ3) is 2.96. The van der Waals surface area contributed by atoms with E-state index in [1.165, 1.54) is 4.90 Å². The summed E-state index contributed by atoms with van der Waals surface area (Å²) in [5, 5.41) is 11.7. The standard InChI is InChI=1S/C12H16N2O3/c1-4-8-7-14(3)12(17)10(6-11(15)16)13-9(8)5-2/h4-5,10,13H,1-2,6-7H2,3H3,(H,15,16). The summed E-state index contributed by atoms with van der Waals surface area (Å²) in [6.07, 6.45) is 2.94. The maximum absolute atomic E-state index is 11.9. The van der Waals surface area contributed by atoms with E-state index >= 15 is 0 Å². The lowest BCUT2D eigenvalue weighted by atomic mass is 10.1. The van der Waals surface area contributed by atoms with Gasteiger partial charge in [-0.05, 0) is 11.6 Å². The lowest BCUT2D eigenvalue weighted by Crippen LogP contribution is -2.43. The summed E-state index contributed by atoms with van der Waals surface area (Å²) < 4.78 is 0. The number of carbonyl (C=O) groups is 2. The number of rotatable bonds is 4. The Kier molecular flexibility index (Phi) is 4.09. The number of nitrogens with zero attached hydrogens (tertiary/aromatic N) is 1. The van der Waals surface area contributed by atoms with Gasteiger partial charge in [-0.2, -0.15) is 0 Å². The molecule has 2 N–H and O–H groups in total. The molecule has 1 rings (SSSR count). The molecule has 0 aliphatic carbocycles. The first-order valence-corrected chi connectivity index (χ1v) is 5.21. The van der Waals surface area contributed by atoms with Crippen LogP contribution in [-0.2, 0) is 9.59 Å². The van der Waals surface area contributed by atoms with Crippen molar-refractivity contribution in [2.75, 3.05) is 13.6 Å². The molecule has 1 atom stereocenters. The molecule has 1 aliphatic heterocycles. The fraction of sp³-hybridized carbons (Fsp3) is 0.333. The third-order valence-electron chi connectivity index (χ3n) is 2.59. The third-order valence-corrected chi connectivity index (χ3v) is 2.59. The molecule has 1 heterocycles. The fourth-order valence-corrected chi connectivity index (χ4v) is 1.70. The van der Waals surface area contributed by atoms with Crippen molar-refractivity contribution in [3.8, 4) is 0 Å². The summed E-state index contributed by atoms with van der Waals surface area (Å²) in [4.78, 5) is 24.1. The van der Waals surface area contributed by atoms with Gasteiger partial charge in [-0.15, -0.1) is 0 Å². The van der Waals surface area contributed by atoms with Crippen molar-refractivity contribution in [2.24, 2.45) is 0 Å². The predicted molar refractivity (Wildman–Crippen MR) is 64.2 cm³/mol. The fourth-order valence-electron chi connectivity index (χ4n) is 1.70. The minimum absolute atomic E-state index is 0.247. The SMILES string of the molecule is C=CC1=C(C=C)NC(CC(=O)O)C(=O)N(C)C1. The highest BCUT2D eigenvalue weighted by molar-refractivity contribution is 5.87. The van der Waals surface area contributed by atoms with Gasteiger partial charge in [0.25, 0.3) is 0 Å². The van der Waals surface area contributed by atoms with Crippen LogP contribution in [0.2, 0.25) is 0 Å². The Morgan fingerprint density at radius 2 is 2.24 bits per heavy atom. The van der Waals surface area contributed by atoms with Crippen LogP contribution in [0.4, 0.5) is 0 Å². The highest BCUT2D eigenvalue weighted by atomic mass is 16.4. The number of allylic oxidation sites excluding steroid dienone is 1. The summed E-state index contributed by atoms with van der Waals surface area (Å²) in [7, 11) is 1.63. The average molecular weight is 236 g/mol. The van der Waals surface area contributed by atoms with E-state index in [1.807, 2.05) is 0 Å². The zero-order chi connectivity index (χ0) is 13.0. The van der Waals surface area contributed by atoms with Gasteiger partial charge in [-0.25, -0.2) is 0 Å². The highest BCUT2D eigenvalue weighted by Crippen LogP contribution is 2.14. The quantitative estimate of drug-likeness (QED) is 0.746. The van der Waals surface area contributed by atoms with Gasteiger partial charge in [-0.3, -0.25) is 9.59 Å². The maximum Gasteiger partial charge on any atom is 0.305 e. The normalized spacial score (nSPS) is 20.6. The molecule has 0 bridgehead atoms. The highest BCUT2D eigenvalue weighted by Gasteiger charge is 2.28. The Morgan fingerprint density at radius 1 is 1.59 bits per heavy atom. The van der Waals surface area contributed by atoms with Crippen LogP contribution >= 0.6 is 0 Å². The largest absolute Gasteiger partial charge is 0.481 e. The first-order valence-electron chi connectivity index (χ1n) is 5.21. The second-order valence-corrected chi connectivity index (χ2v) is 3.84. The average Bonchev–Trinajstić information content (AvgIpc) is 2.39. The number of amides is 1. The summed E-state index contributed by atoms with van der Waals surface area (Å²) in [6.45, 7) is 7.71. The number of hydrogen-bond donors (Lipinski definition) is 2. The number of carbonyl (C=O) groups excluding carboxylic acids is 1. The van der Waals surface area contributed by atoms with Crippen molar-refractivity contribution in [1.82, 2.24) is 10.2 Å². The van der Waals surface area contributed by atoms with Crippen LogP contribution in [0.1, 0.15) is 6.42 Å². The Bertz CT molecular complexity index is 399. The predicted octanol–water partition coefficient (Wildman–Crippen LogP) is 0.517. The minimum Gasteiger partial charge on any atom is -0.481 e. The van der Waals surface area contributed by atoms with Crippen LogP contribution in [0.5, 0.6) is 0 Å². The molecular formula is C12H16N2O3. The zero-order valence-electron chi connectivity index (χ0n) is 9.77. The van der Waals surface area contributed by atoms with Gasteiger partial charge < -0.3 is 15.3 Å². The van der Waals surface area contributed by atoms with Crippen LogP contribution in [0.15, 0.2) is 36.6 Å². The van der Waals surface area contributed by atoms with Gasteiger partial charge in [-0.1, -0.05) is 19.2 Å². The van der Waals surface area contributed by atoms with Crippen LogP contribution in [0, 0.1) is 0 Å². The molecule has 0 aromatic carbocycles. The summed E-state index contributed by atoms with van der Waals surface area (Å²) >= 11 is 0. The lowest BCUT2D eigenvalue weighted by Gasteiger charge is -2.19. The number of aliphatic carboxylic acids is 1. The van der Waals surface area contributed by atoms with E-state index in [4.69, 9.17) is 5.11 Å². The van der Waals surface area contributed by atoms with Crippen LogP contribution in [-0.4, -0.2) is 41.5 Å². The van der Waals surface area contributed by atoms with E-state index in [1.54, 1.807) is 19.2 Å². The topological polar surface area (TPSA) is 69.6 Å². The van der Waals surface area contributed by atoms with Crippen molar-refractivity contribution in [1.29, 1.82) is 0 Å². The van der Waals surface area contributed by atoms with Gasteiger partial charge in [0.1, 0.15) is 6.04 Å². The van der Waals surface area contributed by atoms with Crippen molar-refractivity contribution in [2.45, 2.75) is 12.5 Å². The molecule has 17 heavy (non-hydrogen) atoms. The summed E-state index contributed by atoms with van der Waals surface area (Å²) in [5.74, 6) is -1.27. The van der Waals surface area contributed by atoms with Crippen LogP contribution in [0.3, 0.4) is 0 Å². The first kappa shape index (κ1) is 13.0. The molecule has 1 amide bonds. The van der Waals surface area contributed by atoms with E-state index in [2.05, 4.69) is 18.5 Å². The molecule has 92 valence electrons. The van der Waals surface area contributed by atoms with Crippen LogP contribution in [0.25, 0.3) is 0 Å². The van der Waals surface area contributed by atoms with E-state index in [9.17, 15) is 9.59 Å². The van der Waals surface area contributed by atoms with Gasteiger partial charge in [0.15, 0.2) is 0 Å². The molecule has 1 unspecified atom stereocenters. The monoisotopic (exact) mass is 236 g/mol. The van der Waals surface area contributed by atoms with Crippen molar-refractivity contribution in [3.05, 3.63) is 36.6 Å². The number of likely N-dealkylation sites (N-methyl/N-ethyl adjacent to an activating group) is 1. The molecule has 0 aromatic rings. The van der Waals surface area contributed by atoms with Crippen molar-refractivity contribution in [3.63, 3.8) is 0 Å². The molecule has 0 spiro atoms. The molecule has 0 saturated carbocycles. The number of carboxylic acids is 1. The number of nitrogens with one attached hydrogen (secondary N) is 1. The maximum atomic E-state index is 11.9. The second-order valence-electron chi connectivity index (χ2n) is 3.84.